The van der Waals surface area contributed by atoms with E-state index in [2.05, 4.69) is 38.0 Å². The first kappa shape index (κ1) is 17.5. The first-order chi connectivity index (χ1) is 12.8. The first-order valence-electron chi connectivity index (χ1n) is 8.75. The Morgan fingerprint density at radius 1 is 1.19 bits per heavy atom. The minimum atomic E-state index is -0.258. The van der Waals surface area contributed by atoms with E-state index in [1.807, 2.05) is 18.2 Å². The summed E-state index contributed by atoms with van der Waals surface area (Å²) < 4.78 is 0. The monoisotopic (exact) mass is 350 g/mol. The van der Waals surface area contributed by atoms with E-state index in [-0.39, 0.29) is 6.03 Å². The molecule has 2 amide bonds. The van der Waals surface area contributed by atoms with Crippen LogP contribution in [0.1, 0.15) is 18.4 Å². The zero-order chi connectivity index (χ0) is 18.2. The molecule has 2 aromatic rings. The molecule has 1 aromatic carbocycles. The molecule has 2 heterocycles. The highest BCUT2D eigenvalue weighted by atomic mass is 16.2. The Hall–Kier alpha value is -3.27. The molecule has 0 bridgehead atoms. The van der Waals surface area contributed by atoms with Crippen LogP contribution in [-0.2, 0) is 0 Å². The maximum Gasteiger partial charge on any atom is 0.319 e. The lowest BCUT2D eigenvalue weighted by molar-refractivity contribution is 0.252. The highest BCUT2D eigenvalue weighted by Crippen LogP contribution is 2.23. The van der Waals surface area contributed by atoms with Crippen LogP contribution in [0.25, 0.3) is 0 Å². The van der Waals surface area contributed by atoms with Crippen LogP contribution in [-0.4, -0.2) is 37.2 Å². The van der Waals surface area contributed by atoms with Crippen LogP contribution in [0.2, 0.25) is 0 Å². The molecule has 0 saturated carbocycles. The van der Waals surface area contributed by atoms with Crippen molar-refractivity contribution in [1.82, 2.24) is 10.3 Å². The van der Waals surface area contributed by atoms with E-state index in [1.165, 1.54) is 12.8 Å². The van der Waals surface area contributed by atoms with E-state index < -0.39 is 0 Å². The Morgan fingerprint density at radius 2 is 2.04 bits per heavy atom. The zero-order valence-electron chi connectivity index (χ0n) is 14.5. The summed E-state index contributed by atoms with van der Waals surface area (Å²) in [6.45, 7) is 3.03. The average Bonchev–Trinajstić information content (AvgIpc) is 3.20. The first-order valence-corrected chi connectivity index (χ1v) is 8.75. The van der Waals surface area contributed by atoms with Crippen LogP contribution in [0.4, 0.5) is 22.0 Å². The van der Waals surface area contributed by atoms with E-state index in [9.17, 15) is 4.79 Å². The van der Waals surface area contributed by atoms with Crippen molar-refractivity contribution >= 4 is 23.2 Å². The normalized spacial score (nSPS) is 13.1. The van der Waals surface area contributed by atoms with E-state index in [0.29, 0.717) is 24.5 Å². The van der Waals surface area contributed by atoms with Gasteiger partial charge in [-0.15, -0.1) is 0 Å². The van der Waals surface area contributed by atoms with Crippen molar-refractivity contribution in [2.24, 2.45) is 0 Å². The van der Waals surface area contributed by atoms with Crippen LogP contribution in [0.15, 0.2) is 42.6 Å². The van der Waals surface area contributed by atoms with Gasteiger partial charge in [-0.2, -0.15) is 5.26 Å². The maximum absolute atomic E-state index is 12.0. The number of carbonyl (C=O) groups excluding carboxylic acids is 1. The van der Waals surface area contributed by atoms with E-state index >= 15 is 0 Å². The van der Waals surface area contributed by atoms with Gasteiger partial charge in [0.25, 0.3) is 0 Å². The number of pyridine rings is 1. The van der Waals surface area contributed by atoms with Gasteiger partial charge in [-0.05, 0) is 43.2 Å². The number of nitrogens with zero attached hydrogens (tertiary/aromatic N) is 3. The summed E-state index contributed by atoms with van der Waals surface area (Å²) in [4.78, 5) is 18.5. The number of rotatable bonds is 6. The lowest BCUT2D eigenvalue weighted by atomic mass is 10.2. The van der Waals surface area contributed by atoms with Gasteiger partial charge in [-0.1, -0.05) is 6.07 Å². The molecule has 26 heavy (non-hydrogen) atoms. The van der Waals surface area contributed by atoms with Crippen molar-refractivity contribution in [2.75, 3.05) is 41.7 Å². The number of urea groups is 1. The Morgan fingerprint density at radius 3 is 2.85 bits per heavy atom. The molecule has 1 saturated heterocycles. The average molecular weight is 350 g/mol. The number of carbonyl (C=O) groups is 1. The summed E-state index contributed by atoms with van der Waals surface area (Å²) in [6, 6.07) is 13.1. The molecule has 0 radical (unpaired) electrons. The number of nitrogens with one attached hydrogen (secondary N) is 3. The van der Waals surface area contributed by atoms with Gasteiger partial charge in [-0.25, -0.2) is 9.78 Å². The van der Waals surface area contributed by atoms with Crippen molar-refractivity contribution in [3.63, 3.8) is 0 Å². The minimum Gasteiger partial charge on any atom is -0.371 e. The second-order valence-electron chi connectivity index (χ2n) is 6.06. The Balaban J connectivity index is 1.44. The maximum atomic E-state index is 12.0. The SMILES string of the molecule is N#Cc1cccnc1NCCNC(=O)Nc1cccc(N2CCCC2)c1. The molecule has 1 fully saturated rings. The number of hydrogen-bond donors (Lipinski definition) is 3. The van der Waals surface area contributed by atoms with E-state index in [4.69, 9.17) is 5.26 Å². The fourth-order valence-electron chi connectivity index (χ4n) is 2.92. The van der Waals surface area contributed by atoms with E-state index in [1.54, 1.807) is 18.3 Å². The Bertz CT molecular complexity index is 795. The summed E-state index contributed by atoms with van der Waals surface area (Å²) >= 11 is 0. The topological polar surface area (TPSA) is 93.1 Å². The molecule has 134 valence electrons. The molecule has 0 unspecified atom stereocenters. The third kappa shape index (κ3) is 4.63. The summed E-state index contributed by atoms with van der Waals surface area (Å²) in [7, 11) is 0. The van der Waals surface area contributed by atoms with Crippen LogP contribution in [0.3, 0.4) is 0 Å². The number of aromatic nitrogens is 1. The molecule has 1 aliphatic heterocycles. The van der Waals surface area contributed by atoms with Gasteiger partial charge in [0, 0.05) is 43.8 Å². The third-order valence-electron chi connectivity index (χ3n) is 4.21. The second kappa shape index (κ2) is 8.72. The molecule has 1 aromatic heterocycles. The summed E-state index contributed by atoms with van der Waals surface area (Å²) in [5.74, 6) is 0.524. The van der Waals surface area contributed by atoms with Gasteiger partial charge in [-0.3, -0.25) is 0 Å². The standard InChI is InChI=1S/C19H22N6O/c20-14-15-5-4-8-21-18(15)22-9-10-23-19(26)24-16-6-3-7-17(13-16)25-11-1-2-12-25/h3-8,13H,1-2,9-12H2,(H,21,22)(H2,23,24,26). The summed E-state index contributed by atoms with van der Waals surface area (Å²) in [5.41, 5.74) is 2.40. The number of amides is 2. The molecular weight excluding hydrogens is 328 g/mol. The number of hydrogen-bond acceptors (Lipinski definition) is 5. The highest BCUT2D eigenvalue weighted by Gasteiger charge is 2.12. The van der Waals surface area contributed by atoms with Crippen LogP contribution in [0.5, 0.6) is 0 Å². The van der Waals surface area contributed by atoms with Gasteiger partial charge < -0.3 is 20.9 Å². The number of benzene rings is 1. The molecule has 0 spiro atoms. The predicted octanol–water partition coefficient (Wildman–Crippen LogP) is 2.79. The Labute approximate surface area is 153 Å². The Kier molecular flexibility index (Phi) is 5.88. The van der Waals surface area contributed by atoms with Gasteiger partial charge in [0.15, 0.2) is 0 Å². The predicted molar refractivity (Wildman–Crippen MR) is 102 cm³/mol. The molecule has 0 atom stereocenters. The molecule has 3 N–H and O–H groups in total. The zero-order valence-corrected chi connectivity index (χ0v) is 14.5. The van der Waals surface area contributed by atoms with Crippen molar-refractivity contribution in [3.05, 3.63) is 48.2 Å². The van der Waals surface area contributed by atoms with Crippen LogP contribution in [0, 0.1) is 11.3 Å². The fraction of sp³-hybridized carbons (Fsp3) is 0.316. The van der Waals surface area contributed by atoms with Gasteiger partial charge >= 0.3 is 6.03 Å². The smallest absolute Gasteiger partial charge is 0.319 e. The van der Waals surface area contributed by atoms with Crippen molar-refractivity contribution < 1.29 is 4.79 Å². The van der Waals surface area contributed by atoms with E-state index in [0.717, 1.165) is 24.5 Å². The number of nitriles is 1. The molecule has 7 nitrogen and oxygen atoms in total. The van der Waals surface area contributed by atoms with Gasteiger partial charge in [0.1, 0.15) is 11.9 Å². The minimum absolute atomic E-state index is 0.258. The van der Waals surface area contributed by atoms with Crippen LogP contribution < -0.4 is 20.9 Å². The third-order valence-corrected chi connectivity index (χ3v) is 4.21. The summed E-state index contributed by atoms with van der Waals surface area (Å²) in [5, 5.41) is 17.7. The van der Waals surface area contributed by atoms with Crippen molar-refractivity contribution in [1.29, 1.82) is 5.26 Å². The molecule has 7 heteroatoms. The highest BCUT2D eigenvalue weighted by molar-refractivity contribution is 5.89. The lowest BCUT2D eigenvalue weighted by Crippen LogP contribution is -2.32. The fourth-order valence-corrected chi connectivity index (χ4v) is 2.92. The largest absolute Gasteiger partial charge is 0.371 e. The molecular formula is C19H22N6O. The summed E-state index contributed by atoms with van der Waals surface area (Å²) in [6.07, 6.45) is 4.06. The lowest BCUT2D eigenvalue weighted by Gasteiger charge is -2.18. The quantitative estimate of drug-likeness (QED) is 0.697. The van der Waals surface area contributed by atoms with Crippen molar-refractivity contribution in [2.45, 2.75) is 12.8 Å². The molecule has 0 aliphatic carbocycles. The van der Waals surface area contributed by atoms with Crippen LogP contribution >= 0.6 is 0 Å². The van der Waals surface area contributed by atoms with Gasteiger partial charge in [0.2, 0.25) is 0 Å². The molecule has 1 aliphatic rings. The number of anilines is 3. The van der Waals surface area contributed by atoms with Gasteiger partial charge in [0.05, 0.1) is 5.56 Å². The van der Waals surface area contributed by atoms with Crippen molar-refractivity contribution in [3.8, 4) is 6.07 Å². The second-order valence-corrected chi connectivity index (χ2v) is 6.06. The molecule has 3 rings (SSSR count).